The molecule has 6 nitrogen and oxygen atoms in total. The summed E-state index contributed by atoms with van der Waals surface area (Å²) < 4.78 is 1.39. The molecule has 134 valence electrons. The van der Waals surface area contributed by atoms with Gasteiger partial charge in [0.05, 0.1) is 10.8 Å². The number of piperidine rings is 1. The highest BCUT2D eigenvalue weighted by Gasteiger charge is 2.26. The summed E-state index contributed by atoms with van der Waals surface area (Å²) >= 11 is 7.49. The molecule has 3 rings (SSSR count). The molecule has 25 heavy (non-hydrogen) atoms. The number of hydrogen-bond acceptors (Lipinski definition) is 5. The Hall–Kier alpha value is -1.73. The molecule has 0 aliphatic carbocycles. The minimum absolute atomic E-state index is 0.116. The lowest BCUT2D eigenvalue weighted by Gasteiger charge is -2.34. The van der Waals surface area contributed by atoms with Crippen LogP contribution >= 0.6 is 23.4 Å². The summed E-state index contributed by atoms with van der Waals surface area (Å²) in [4.78, 5) is 14.4. The highest BCUT2D eigenvalue weighted by atomic mass is 35.5. The Morgan fingerprint density at radius 1 is 1.28 bits per heavy atom. The average Bonchev–Trinajstić information content (AvgIpc) is 2.93. The number of nitrogens with two attached hydrogens (primary N) is 1. The number of thioether (sulfide) groups is 1. The lowest BCUT2D eigenvalue weighted by molar-refractivity contribution is -0.130. The van der Waals surface area contributed by atoms with E-state index in [0.29, 0.717) is 33.6 Å². The molecule has 1 aromatic carbocycles. The lowest BCUT2D eigenvalue weighted by atomic mass is 9.92. The summed E-state index contributed by atoms with van der Waals surface area (Å²) in [7, 11) is 0. The number of carbonyl (C=O) groups is 1. The van der Waals surface area contributed by atoms with Gasteiger partial charge in [0.1, 0.15) is 0 Å². The van der Waals surface area contributed by atoms with Crippen LogP contribution in [0.5, 0.6) is 0 Å². The van der Waals surface area contributed by atoms with Gasteiger partial charge < -0.3 is 10.7 Å². The van der Waals surface area contributed by atoms with Crippen molar-refractivity contribution in [3.63, 3.8) is 0 Å². The zero-order valence-electron chi connectivity index (χ0n) is 14.4. The van der Waals surface area contributed by atoms with Gasteiger partial charge in [0, 0.05) is 18.7 Å². The number of rotatable bonds is 4. The molecule has 1 aliphatic rings. The average molecular weight is 380 g/mol. The quantitative estimate of drug-likeness (QED) is 0.652. The molecule has 1 amide bonds. The van der Waals surface area contributed by atoms with Crippen molar-refractivity contribution < 1.29 is 4.79 Å². The van der Waals surface area contributed by atoms with E-state index in [2.05, 4.69) is 24.0 Å². The van der Waals surface area contributed by atoms with Crippen LogP contribution in [0.2, 0.25) is 5.02 Å². The maximum Gasteiger partial charge on any atom is 0.233 e. The fraction of sp³-hybridized carbons (Fsp3) is 0.471. The Morgan fingerprint density at radius 2 is 1.96 bits per heavy atom. The van der Waals surface area contributed by atoms with Crippen LogP contribution in [0, 0.1) is 11.8 Å². The van der Waals surface area contributed by atoms with E-state index in [1.165, 1.54) is 22.9 Å². The standard InChI is InChI=1S/C17H22ClN5OS/c1-11-7-12(2)9-22(8-11)15(24)10-25-17-21-20-16(23(17)19)13-5-3-4-6-14(13)18/h3-6,11-12H,7-10,19H2,1-2H3/t11-,12-/m0/s1. The molecule has 2 N–H and O–H groups in total. The van der Waals surface area contributed by atoms with Gasteiger partial charge in [0.15, 0.2) is 5.82 Å². The van der Waals surface area contributed by atoms with Crippen molar-refractivity contribution in [3.8, 4) is 11.4 Å². The van der Waals surface area contributed by atoms with Crippen LogP contribution in [0.25, 0.3) is 11.4 Å². The Morgan fingerprint density at radius 3 is 2.64 bits per heavy atom. The zero-order chi connectivity index (χ0) is 18.0. The van der Waals surface area contributed by atoms with Crippen molar-refractivity contribution in [1.82, 2.24) is 19.8 Å². The van der Waals surface area contributed by atoms with E-state index in [-0.39, 0.29) is 5.91 Å². The fourth-order valence-corrected chi connectivity index (χ4v) is 4.27. The third kappa shape index (κ3) is 4.10. The highest BCUT2D eigenvalue weighted by molar-refractivity contribution is 7.99. The number of likely N-dealkylation sites (tertiary alicyclic amines) is 1. The fourth-order valence-electron chi connectivity index (χ4n) is 3.29. The SMILES string of the molecule is C[C@H]1C[C@H](C)CN(C(=O)CSc2nnc(-c3ccccc3Cl)n2N)C1. The Kier molecular flexibility index (Phi) is 5.54. The third-order valence-corrected chi connectivity index (χ3v) is 5.58. The molecule has 1 saturated heterocycles. The number of hydrogen-bond donors (Lipinski definition) is 1. The first-order chi connectivity index (χ1) is 12.0. The number of aromatic nitrogens is 3. The summed E-state index contributed by atoms with van der Waals surface area (Å²) in [5.74, 6) is 8.09. The molecule has 1 aliphatic heterocycles. The van der Waals surface area contributed by atoms with Crippen molar-refractivity contribution in [3.05, 3.63) is 29.3 Å². The zero-order valence-corrected chi connectivity index (χ0v) is 15.9. The molecule has 2 atom stereocenters. The maximum absolute atomic E-state index is 12.5. The third-order valence-electron chi connectivity index (χ3n) is 4.33. The van der Waals surface area contributed by atoms with Crippen molar-refractivity contribution in [2.24, 2.45) is 11.8 Å². The van der Waals surface area contributed by atoms with Crippen LogP contribution in [0.15, 0.2) is 29.4 Å². The van der Waals surface area contributed by atoms with Gasteiger partial charge in [-0.3, -0.25) is 4.79 Å². The molecule has 0 saturated carbocycles. The summed E-state index contributed by atoms with van der Waals surface area (Å²) in [5.41, 5.74) is 0.719. The Bertz CT molecular complexity index is 755. The van der Waals surface area contributed by atoms with Crippen LogP contribution in [0.1, 0.15) is 20.3 Å². The first-order valence-corrected chi connectivity index (χ1v) is 9.68. The minimum atomic E-state index is 0.116. The van der Waals surface area contributed by atoms with Gasteiger partial charge in [0.25, 0.3) is 0 Å². The largest absolute Gasteiger partial charge is 0.341 e. The van der Waals surface area contributed by atoms with E-state index in [9.17, 15) is 4.79 Å². The van der Waals surface area contributed by atoms with Crippen molar-refractivity contribution in [2.45, 2.75) is 25.4 Å². The Balaban J connectivity index is 1.66. The second-order valence-corrected chi connectivity index (χ2v) is 8.04. The van der Waals surface area contributed by atoms with E-state index >= 15 is 0 Å². The number of amides is 1. The van der Waals surface area contributed by atoms with Gasteiger partial charge in [-0.2, -0.15) is 0 Å². The van der Waals surface area contributed by atoms with Crippen molar-refractivity contribution in [1.29, 1.82) is 0 Å². The molecule has 8 heteroatoms. The van der Waals surface area contributed by atoms with Gasteiger partial charge in [-0.05, 0) is 30.4 Å². The van der Waals surface area contributed by atoms with Crippen LogP contribution < -0.4 is 5.84 Å². The molecule has 0 radical (unpaired) electrons. The molecule has 1 aromatic heterocycles. The predicted octanol–water partition coefficient (Wildman–Crippen LogP) is 2.91. The van der Waals surface area contributed by atoms with Gasteiger partial charge in [-0.15, -0.1) is 10.2 Å². The van der Waals surface area contributed by atoms with Crippen LogP contribution in [-0.4, -0.2) is 44.5 Å². The Labute approximate surface area is 156 Å². The number of carbonyl (C=O) groups excluding carboxylic acids is 1. The van der Waals surface area contributed by atoms with Gasteiger partial charge in [-0.25, -0.2) is 4.68 Å². The van der Waals surface area contributed by atoms with E-state index in [1.807, 2.05) is 23.1 Å². The molecule has 0 unspecified atom stereocenters. The second-order valence-electron chi connectivity index (χ2n) is 6.69. The normalized spacial score (nSPS) is 20.7. The van der Waals surface area contributed by atoms with Gasteiger partial charge in [0.2, 0.25) is 11.1 Å². The van der Waals surface area contributed by atoms with Crippen LogP contribution in [0.3, 0.4) is 0 Å². The van der Waals surface area contributed by atoms with Crippen molar-refractivity contribution in [2.75, 3.05) is 24.7 Å². The van der Waals surface area contributed by atoms with Crippen LogP contribution in [0.4, 0.5) is 0 Å². The molecule has 0 bridgehead atoms. The number of benzene rings is 1. The smallest absolute Gasteiger partial charge is 0.233 e. The number of nitrogen functional groups attached to an aromatic ring is 1. The van der Waals surface area contributed by atoms with E-state index in [1.54, 1.807) is 6.07 Å². The van der Waals surface area contributed by atoms with Crippen LogP contribution in [-0.2, 0) is 4.79 Å². The highest BCUT2D eigenvalue weighted by Crippen LogP contribution is 2.28. The topological polar surface area (TPSA) is 77.0 Å². The molecule has 0 spiro atoms. The van der Waals surface area contributed by atoms with Gasteiger partial charge >= 0.3 is 0 Å². The summed E-state index contributed by atoms with van der Waals surface area (Å²) in [6.45, 7) is 6.03. The second kappa shape index (κ2) is 7.66. The summed E-state index contributed by atoms with van der Waals surface area (Å²) in [6.07, 6.45) is 1.18. The van der Waals surface area contributed by atoms with E-state index in [4.69, 9.17) is 17.4 Å². The molecular formula is C17H22ClN5OS. The molecule has 2 aromatic rings. The predicted molar refractivity (Wildman–Crippen MR) is 101 cm³/mol. The van der Waals surface area contributed by atoms with E-state index in [0.717, 1.165) is 18.7 Å². The monoisotopic (exact) mass is 379 g/mol. The van der Waals surface area contributed by atoms with Gasteiger partial charge in [-0.1, -0.05) is 49.3 Å². The number of nitrogens with zero attached hydrogens (tertiary/aromatic N) is 4. The summed E-state index contributed by atoms with van der Waals surface area (Å²) in [5, 5.41) is 9.28. The lowest BCUT2D eigenvalue weighted by Crippen LogP contribution is -2.43. The van der Waals surface area contributed by atoms with Crippen molar-refractivity contribution >= 4 is 29.3 Å². The maximum atomic E-state index is 12.5. The minimum Gasteiger partial charge on any atom is -0.341 e. The first kappa shape index (κ1) is 18.1. The summed E-state index contributed by atoms with van der Waals surface area (Å²) in [6, 6.07) is 7.33. The first-order valence-electron chi connectivity index (χ1n) is 8.31. The molecular weight excluding hydrogens is 358 g/mol. The molecule has 1 fully saturated rings. The number of halogens is 1. The molecule has 2 heterocycles. The van der Waals surface area contributed by atoms with E-state index < -0.39 is 0 Å².